The second-order valence-electron chi connectivity index (χ2n) is 5.45. The number of terminal acetylenes is 1. The summed E-state index contributed by atoms with van der Waals surface area (Å²) in [6, 6.07) is -0.339. The number of nitrogens with zero attached hydrogens (tertiary/aromatic N) is 3. The molecule has 1 atom stereocenters. The van der Waals surface area contributed by atoms with E-state index in [9.17, 15) is 9.59 Å². The van der Waals surface area contributed by atoms with Gasteiger partial charge in [0.25, 0.3) is 0 Å². The summed E-state index contributed by atoms with van der Waals surface area (Å²) < 4.78 is 0. The van der Waals surface area contributed by atoms with Crippen LogP contribution in [0.15, 0.2) is 10.2 Å². The lowest BCUT2D eigenvalue weighted by Crippen LogP contribution is -2.27. The molecule has 0 aliphatic carbocycles. The van der Waals surface area contributed by atoms with Crippen molar-refractivity contribution < 1.29 is 14.7 Å². The Balaban J connectivity index is 1.84. The van der Waals surface area contributed by atoms with Crippen LogP contribution in [-0.2, 0) is 4.79 Å². The van der Waals surface area contributed by atoms with E-state index in [4.69, 9.17) is 11.5 Å². The molecule has 2 N–H and O–H groups in total. The van der Waals surface area contributed by atoms with Gasteiger partial charge >= 0.3 is 5.97 Å². The maximum atomic E-state index is 12.0. The van der Waals surface area contributed by atoms with Crippen LogP contribution in [0, 0.1) is 19.3 Å². The first-order valence-electron chi connectivity index (χ1n) is 7.24. The minimum Gasteiger partial charge on any atom is -0.477 e. The number of carboxylic acids is 1. The molecule has 0 fully saturated rings. The maximum absolute atomic E-state index is 12.0. The molecule has 1 aromatic heterocycles. The predicted octanol–water partition coefficient (Wildman–Crippen LogP) is 2.68. The van der Waals surface area contributed by atoms with E-state index >= 15 is 0 Å². The number of carboxylic acid groups (broad SMARTS) is 1. The summed E-state index contributed by atoms with van der Waals surface area (Å²) >= 11 is 1.08. The van der Waals surface area contributed by atoms with E-state index in [0.717, 1.165) is 11.3 Å². The van der Waals surface area contributed by atoms with Crippen LogP contribution < -0.4 is 5.32 Å². The van der Waals surface area contributed by atoms with Gasteiger partial charge in [-0.15, -0.1) is 23.7 Å². The van der Waals surface area contributed by atoms with Gasteiger partial charge in [-0.3, -0.25) is 4.79 Å². The van der Waals surface area contributed by atoms with Crippen molar-refractivity contribution >= 4 is 23.2 Å². The highest BCUT2D eigenvalue weighted by atomic mass is 32.1. The van der Waals surface area contributed by atoms with Gasteiger partial charge in [-0.2, -0.15) is 10.2 Å². The maximum Gasteiger partial charge on any atom is 0.347 e. The molecule has 1 unspecified atom stereocenters. The van der Waals surface area contributed by atoms with E-state index < -0.39 is 11.6 Å². The molecular weight excluding hydrogens is 316 g/mol. The molecule has 122 valence electrons. The summed E-state index contributed by atoms with van der Waals surface area (Å²) in [4.78, 5) is 27.5. The number of hydrogen-bond donors (Lipinski definition) is 2. The highest BCUT2D eigenvalue weighted by molar-refractivity contribution is 7.13. The van der Waals surface area contributed by atoms with Crippen LogP contribution in [0.1, 0.15) is 59.0 Å². The number of nitrogens with one attached hydrogen (secondary N) is 1. The van der Waals surface area contributed by atoms with Crippen molar-refractivity contribution in [2.75, 3.05) is 0 Å². The number of carbonyl (C=O) groups is 2. The monoisotopic (exact) mass is 334 g/mol. The van der Waals surface area contributed by atoms with Gasteiger partial charge in [-0.25, -0.2) is 9.78 Å². The molecular formula is C15H18N4O3S. The van der Waals surface area contributed by atoms with E-state index in [1.54, 1.807) is 13.8 Å². The van der Waals surface area contributed by atoms with E-state index in [2.05, 4.69) is 26.4 Å². The van der Waals surface area contributed by atoms with Crippen LogP contribution in [-0.4, -0.2) is 27.6 Å². The van der Waals surface area contributed by atoms with E-state index in [1.807, 2.05) is 0 Å². The van der Waals surface area contributed by atoms with Gasteiger partial charge in [0.1, 0.15) is 9.88 Å². The molecule has 0 radical (unpaired) electrons. The fourth-order valence-electron chi connectivity index (χ4n) is 2.16. The average Bonchev–Trinajstić information content (AvgIpc) is 3.16. The fourth-order valence-corrected chi connectivity index (χ4v) is 3.07. The van der Waals surface area contributed by atoms with Crippen molar-refractivity contribution in [1.82, 2.24) is 10.3 Å². The molecule has 0 aromatic carbocycles. The zero-order valence-corrected chi connectivity index (χ0v) is 13.8. The molecule has 1 aromatic rings. The largest absolute Gasteiger partial charge is 0.477 e. The average molecular weight is 334 g/mol. The Kier molecular flexibility index (Phi) is 5.11. The van der Waals surface area contributed by atoms with Crippen LogP contribution >= 0.6 is 11.3 Å². The molecule has 0 bridgehead atoms. The van der Waals surface area contributed by atoms with Crippen molar-refractivity contribution in [2.24, 2.45) is 10.2 Å². The molecule has 1 aliphatic heterocycles. The first-order valence-corrected chi connectivity index (χ1v) is 8.06. The SMILES string of the molecule is C#CCCC1(CCC(=O)NC(C)c2nc(C)c(C(=O)O)s2)N=N1. The summed E-state index contributed by atoms with van der Waals surface area (Å²) in [6.07, 6.45) is 7.30. The molecule has 1 amide bonds. The Morgan fingerprint density at radius 2 is 2.13 bits per heavy atom. The zero-order chi connectivity index (χ0) is 17.0. The Bertz CT molecular complexity index is 683. The minimum absolute atomic E-state index is 0.139. The normalized spacial score (nSPS) is 15.7. The van der Waals surface area contributed by atoms with E-state index in [-0.39, 0.29) is 23.2 Å². The number of carbonyl (C=O) groups excluding carboxylic acids is 1. The molecule has 23 heavy (non-hydrogen) atoms. The number of aromatic nitrogens is 1. The van der Waals surface area contributed by atoms with Crippen LogP contribution in [0.2, 0.25) is 0 Å². The Morgan fingerprint density at radius 1 is 1.43 bits per heavy atom. The number of amides is 1. The number of hydrogen-bond acceptors (Lipinski definition) is 6. The van der Waals surface area contributed by atoms with E-state index in [0.29, 0.717) is 30.0 Å². The Hall–Kier alpha value is -2.27. The minimum atomic E-state index is -1.00. The molecule has 0 saturated carbocycles. The summed E-state index contributed by atoms with van der Waals surface area (Å²) in [5.41, 5.74) is -0.0105. The van der Waals surface area contributed by atoms with E-state index in [1.165, 1.54) is 0 Å². The van der Waals surface area contributed by atoms with Gasteiger partial charge in [-0.1, -0.05) is 0 Å². The number of rotatable bonds is 8. The second-order valence-corrected chi connectivity index (χ2v) is 6.48. The predicted molar refractivity (Wildman–Crippen MR) is 85.3 cm³/mol. The van der Waals surface area contributed by atoms with Gasteiger partial charge in [0.2, 0.25) is 5.91 Å². The molecule has 2 rings (SSSR count). The quantitative estimate of drug-likeness (QED) is 0.713. The topological polar surface area (TPSA) is 104 Å². The number of thiazole rings is 1. The molecule has 7 nitrogen and oxygen atoms in total. The lowest BCUT2D eigenvalue weighted by atomic mass is 10.0. The smallest absolute Gasteiger partial charge is 0.347 e. The third-order valence-electron chi connectivity index (χ3n) is 3.56. The van der Waals surface area contributed by atoms with Crippen molar-refractivity contribution in [3.63, 3.8) is 0 Å². The Morgan fingerprint density at radius 3 is 2.65 bits per heavy atom. The van der Waals surface area contributed by atoms with Gasteiger partial charge in [0.15, 0.2) is 5.66 Å². The molecule has 2 heterocycles. The van der Waals surface area contributed by atoms with Crippen molar-refractivity contribution in [2.45, 2.75) is 51.2 Å². The Labute approximate surface area is 138 Å². The summed E-state index contributed by atoms with van der Waals surface area (Å²) in [6.45, 7) is 3.42. The van der Waals surface area contributed by atoms with Crippen LogP contribution in [0.3, 0.4) is 0 Å². The second kappa shape index (κ2) is 6.87. The fraction of sp³-hybridized carbons (Fsp3) is 0.533. The lowest BCUT2D eigenvalue weighted by Gasteiger charge is -2.12. The molecule has 0 spiro atoms. The number of aromatic carboxylic acids is 1. The van der Waals surface area contributed by atoms with Gasteiger partial charge in [-0.05, 0) is 13.8 Å². The first kappa shape index (κ1) is 17.1. The summed E-state index contributed by atoms with van der Waals surface area (Å²) in [7, 11) is 0. The van der Waals surface area contributed by atoms with Crippen molar-refractivity contribution in [1.29, 1.82) is 0 Å². The van der Waals surface area contributed by atoms with Crippen LogP contribution in [0.4, 0.5) is 0 Å². The van der Waals surface area contributed by atoms with Gasteiger partial charge in [0.05, 0.1) is 11.7 Å². The highest BCUT2D eigenvalue weighted by Gasteiger charge is 2.39. The zero-order valence-electron chi connectivity index (χ0n) is 13.0. The third-order valence-corrected chi connectivity index (χ3v) is 4.89. The highest BCUT2D eigenvalue weighted by Crippen LogP contribution is 2.37. The summed E-state index contributed by atoms with van der Waals surface area (Å²) in [5, 5.41) is 20.4. The van der Waals surface area contributed by atoms with Crippen LogP contribution in [0.5, 0.6) is 0 Å². The molecule has 8 heteroatoms. The standard InChI is InChI=1S/C15H18N4O3S/c1-4-5-7-15(18-19-15)8-6-11(20)16-10(3)13-17-9(2)12(23-13)14(21)22/h1,10H,5-8H2,2-3H3,(H,16,20)(H,21,22). The number of aryl methyl sites for hydroxylation is 1. The first-order chi connectivity index (χ1) is 10.9. The van der Waals surface area contributed by atoms with Gasteiger partial charge < -0.3 is 10.4 Å². The molecule has 1 aliphatic rings. The van der Waals surface area contributed by atoms with Crippen molar-refractivity contribution in [3.8, 4) is 12.3 Å². The third kappa shape index (κ3) is 4.36. The van der Waals surface area contributed by atoms with Crippen LogP contribution in [0.25, 0.3) is 0 Å². The van der Waals surface area contributed by atoms with Crippen molar-refractivity contribution in [3.05, 3.63) is 15.6 Å². The van der Waals surface area contributed by atoms with Gasteiger partial charge in [0, 0.05) is 25.7 Å². The lowest BCUT2D eigenvalue weighted by molar-refractivity contribution is -0.122. The molecule has 0 saturated heterocycles. The summed E-state index contributed by atoms with van der Waals surface area (Å²) in [5.74, 6) is 1.40.